The molecule has 1 atom stereocenters. The van der Waals surface area contributed by atoms with Crippen LogP contribution < -0.4 is 0 Å². The van der Waals surface area contributed by atoms with Crippen LogP contribution >= 0.6 is 0 Å². The van der Waals surface area contributed by atoms with Crippen molar-refractivity contribution in [1.29, 1.82) is 0 Å². The number of nitrogens with zero attached hydrogens (tertiary/aromatic N) is 3. The molecule has 0 saturated carbocycles. The maximum absolute atomic E-state index is 11.9. The van der Waals surface area contributed by atoms with E-state index in [1.807, 2.05) is 6.92 Å². The summed E-state index contributed by atoms with van der Waals surface area (Å²) in [5.41, 5.74) is -0.145. The second kappa shape index (κ2) is 7.47. The minimum atomic E-state index is -1.19. The maximum Gasteiger partial charge on any atom is 0.355 e. The van der Waals surface area contributed by atoms with Crippen molar-refractivity contribution in [2.24, 2.45) is 0 Å². The smallest absolute Gasteiger partial charge is 0.355 e. The third-order valence-electron chi connectivity index (χ3n) is 2.42. The van der Waals surface area contributed by atoms with E-state index in [1.165, 1.54) is 0 Å². The van der Waals surface area contributed by atoms with Gasteiger partial charge in [0.05, 0.1) is 12.8 Å². The van der Waals surface area contributed by atoms with E-state index in [2.05, 4.69) is 10.3 Å². The van der Waals surface area contributed by atoms with Crippen molar-refractivity contribution in [3.63, 3.8) is 0 Å². The number of esters is 1. The third-order valence-corrected chi connectivity index (χ3v) is 2.42. The standard InChI is InChI=1S/C11H17N3O5/c1-3-8(11(17)19-6-5-18-4-2)14-9(10(15)16)7-12-13-14/h7-8H,3-6H2,1-2H3,(H,15,16). The Morgan fingerprint density at radius 1 is 1.42 bits per heavy atom. The number of aromatic carboxylic acids is 1. The Morgan fingerprint density at radius 2 is 2.16 bits per heavy atom. The fourth-order valence-electron chi connectivity index (χ4n) is 1.51. The van der Waals surface area contributed by atoms with Crippen LogP contribution in [0.1, 0.15) is 36.8 Å². The number of hydrogen-bond acceptors (Lipinski definition) is 6. The van der Waals surface area contributed by atoms with Crippen molar-refractivity contribution in [2.75, 3.05) is 19.8 Å². The van der Waals surface area contributed by atoms with Crippen molar-refractivity contribution < 1.29 is 24.2 Å². The van der Waals surface area contributed by atoms with E-state index in [0.29, 0.717) is 19.6 Å². The van der Waals surface area contributed by atoms with Crippen LogP contribution in [0.2, 0.25) is 0 Å². The second-order valence-electron chi connectivity index (χ2n) is 3.66. The molecule has 1 unspecified atom stereocenters. The quantitative estimate of drug-likeness (QED) is 0.542. The number of carboxylic acid groups (broad SMARTS) is 1. The molecule has 1 aromatic heterocycles. The number of ether oxygens (including phenoxy) is 2. The van der Waals surface area contributed by atoms with Crippen molar-refractivity contribution in [3.8, 4) is 0 Å². The highest BCUT2D eigenvalue weighted by Gasteiger charge is 2.26. The lowest BCUT2D eigenvalue weighted by atomic mass is 10.2. The van der Waals surface area contributed by atoms with Gasteiger partial charge in [0.25, 0.3) is 0 Å². The van der Waals surface area contributed by atoms with Crippen LogP contribution in [0.4, 0.5) is 0 Å². The Balaban J connectivity index is 2.68. The van der Waals surface area contributed by atoms with Crippen LogP contribution in [0, 0.1) is 0 Å². The summed E-state index contributed by atoms with van der Waals surface area (Å²) in [5.74, 6) is -1.74. The lowest BCUT2D eigenvalue weighted by Gasteiger charge is -2.15. The highest BCUT2D eigenvalue weighted by atomic mass is 16.6. The molecule has 8 heteroatoms. The highest BCUT2D eigenvalue weighted by molar-refractivity contribution is 5.86. The van der Waals surface area contributed by atoms with Crippen molar-refractivity contribution in [1.82, 2.24) is 15.0 Å². The van der Waals surface area contributed by atoms with Gasteiger partial charge in [0.2, 0.25) is 0 Å². The topological polar surface area (TPSA) is 104 Å². The first-order valence-electron chi connectivity index (χ1n) is 5.99. The van der Waals surface area contributed by atoms with Gasteiger partial charge >= 0.3 is 11.9 Å². The fraction of sp³-hybridized carbons (Fsp3) is 0.636. The molecule has 0 aliphatic carbocycles. The van der Waals surface area contributed by atoms with Crippen LogP contribution in [0.5, 0.6) is 0 Å². The zero-order valence-corrected chi connectivity index (χ0v) is 10.9. The van der Waals surface area contributed by atoms with Crippen LogP contribution in [-0.4, -0.2) is 51.9 Å². The molecule has 1 N–H and O–H groups in total. The Bertz CT molecular complexity index is 432. The van der Waals surface area contributed by atoms with E-state index in [0.717, 1.165) is 10.9 Å². The molecule has 1 rings (SSSR count). The zero-order valence-electron chi connectivity index (χ0n) is 10.9. The van der Waals surface area contributed by atoms with E-state index in [1.54, 1.807) is 6.92 Å². The minimum absolute atomic E-state index is 0.125. The average Bonchev–Trinajstić information content (AvgIpc) is 2.85. The monoisotopic (exact) mass is 271 g/mol. The molecule has 1 aromatic rings. The maximum atomic E-state index is 11.9. The molecular formula is C11H17N3O5. The van der Waals surface area contributed by atoms with Gasteiger partial charge in [-0.2, -0.15) is 0 Å². The van der Waals surface area contributed by atoms with Gasteiger partial charge in [-0.25, -0.2) is 14.3 Å². The summed E-state index contributed by atoms with van der Waals surface area (Å²) >= 11 is 0. The molecular weight excluding hydrogens is 254 g/mol. The van der Waals surface area contributed by atoms with E-state index in [-0.39, 0.29) is 12.3 Å². The number of carbonyl (C=O) groups is 2. The minimum Gasteiger partial charge on any atom is -0.476 e. The van der Waals surface area contributed by atoms with Gasteiger partial charge in [-0.3, -0.25) is 0 Å². The first kappa shape index (κ1) is 15.1. The third kappa shape index (κ3) is 4.02. The predicted molar refractivity (Wildman–Crippen MR) is 63.8 cm³/mol. The van der Waals surface area contributed by atoms with E-state index < -0.39 is 18.0 Å². The van der Waals surface area contributed by atoms with Crippen molar-refractivity contribution in [3.05, 3.63) is 11.9 Å². The first-order chi connectivity index (χ1) is 9.11. The molecule has 0 radical (unpaired) electrons. The van der Waals surface area contributed by atoms with Gasteiger partial charge in [-0.15, -0.1) is 5.10 Å². The van der Waals surface area contributed by atoms with Crippen molar-refractivity contribution in [2.45, 2.75) is 26.3 Å². The molecule has 8 nitrogen and oxygen atoms in total. The molecule has 0 aliphatic heterocycles. The zero-order chi connectivity index (χ0) is 14.3. The fourth-order valence-corrected chi connectivity index (χ4v) is 1.51. The van der Waals surface area contributed by atoms with Crippen LogP contribution in [0.15, 0.2) is 6.20 Å². The van der Waals surface area contributed by atoms with Gasteiger partial charge in [-0.1, -0.05) is 12.1 Å². The number of aromatic nitrogens is 3. The summed E-state index contributed by atoms with van der Waals surface area (Å²) in [6.07, 6.45) is 1.45. The van der Waals surface area contributed by atoms with Gasteiger partial charge in [-0.05, 0) is 13.3 Å². The van der Waals surface area contributed by atoms with Crippen LogP contribution in [0.3, 0.4) is 0 Å². The summed E-state index contributed by atoms with van der Waals surface area (Å²) in [6, 6.07) is -0.796. The van der Waals surface area contributed by atoms with Crippen LogP contribution in [0.25, 0.3) is 0 Å². The van der Waals surface area contributed by atoms with Gasteiger partial charge < -0.3 is 14.6 Å². The summed E-state index contributed by atoms with van der Waals surface area (Å²) in [4.78, 5) is 22.8. The van der Waals surface area contributed by atoms with E-state index in [9.17, 15) is 9.59 Å². The number of carbonyl (C=O) groups excluding carboxylic acids is 1. The summed E-state index contributed by atoms with van der Waals surface area (Å²) < 4.78 is 11.1. The Hall–Kier alpha value is -1.96. The number of hydrogen-bond donors (Lipinski definition) is 1. The molecule has 0 fully saturated rings. The van der Waals surface area contributed by atoms with E-state index >= 15 is 0 Å². The average molecular weight is 271 g/mol. The molecule has 0 saturated heterocycles. The Labute approximate surface area is 110 Å². The largest absolute Gasteiger partial charge is 0.476 e. The van der Waals surface area contributed by atoms with E-state index in [4.69, 9.17) is 14.6 Å². The molecule has 0 amide bonds. The molecule has 0 aromatic carbocycles. The summed E-state index contributed by atoms with van der Waals surface area (Å²) in [6.45, 7) is 4.55. The molecule has 0 spiro atoms. The molecule has 19 heavy (non-hydrogen) atoms. The number of carboxylic acids is 1. The van der Waals surface area contributed by atoms with Gasteiger partial charge in [0.1, 0.15) is 6.61 Å². The highest BCUT2D eigenvalue weighted by Crippen LogP contribution is 2.14. The normalized spacial score (nSPS) is 12.1. The lowest BCUT2D eigenvalue weighted by molar-refractivity contribution is -0.149. The van der Waals surface area contributed by atoms with Gasteiger partial charge in [0.15, 0.2) is 11.7 Å². The number of rotatable bonds is 8. The molecule has 106 valence electrons. The van der Waals surface area contributed by atoms with Crippen molar-refractivity contribution >= 4 is 11.9 Å². The first-order valence-corrected chi connectivity index (χ1v) is 5.99. The molecule has 1 heterocycles. The van der Waals surface area contributed by atoms with Crippen LogP contribution in [-0.2, 0) is 14.3 Å². The summed E-state index contributed by atoms with van der Waals surface area (Å²) in [5, 5.41) is 16.1. The Morgan fingerprint density at radius 3 is 2.74 bits per heavy atom. The second-order valence-corrected chi connectivity index (χ2v) is 3.66. The Kier molecular flexibility index (Phi) is 5.94. The lowest BCUT2D eigenvalue weighted by Crippen LogP contribution is -2.26. The molecule has 0 bridgehead atoms. The SMILES string of the molecule is CCOCCOC(=O)C(CC)n1nncc1C(=O)O. The predicted octanol–water partition coefficient (Wildman–Crippen LogP) is 0.507. The summed E-state index contributed by atoms with van der Waals surface area (Å²) in [7, 11) is 0. The van der Waals surface area contributed by atoms with Gasteiger partial charge in [0, 0.05) is 6.61 Å². The molecule has 0 aliphatic rings.